The molecule has 0 saturated heterocycles. The third-order valence-corrected chi connectivity index (χ3v) is 4.34. The number of hydrogen-bond donors (Lipinski definition) is 1. The summed E-state index contributed by atoms with van der Waals surface area (Å²) >= 11 is 1.84. The maximum absolute atomic E-state index is 5.25. The molecule has 1 aromatic carbocycles. The molecule has 0 bridgehead atoms. The van der Waals surface area contributed by atoms with E-state index in [1.165, 1.54) is 5.56 Å². The Hall–Kier alpha value is -1.33. The molecule has 1 N–H and O–H groups in total. The number of aromatic nitrogens is 2. The Morgan fingerprint density at radius 2 is 2.00 bits per heavy atom. The molecule has 20 heavy (non-hydrogen) atoms. The third kappa shape index (κ3) is 4.65. The number of nitrogens with zero attached hydrogens (tertiary/aromatic N) is 2. The molecular weight excluding hydrogens is 270 g/mol. The highest BCUT2D eigenvalue weighted by Crippen LogP contribution is 2.19. The Morgan fingerprint density at radius 1 is 1.25 bits per heavy atom. The zero-order valence-corrected chi connectivity index (χ0v) is 13.0. The number of nitrogens with one attached hydrogen (secondary N) is 1. The lowest BCUT2D eigenvalue weighted by Crippen LogP contribution is -2.31. The fourth-order valence-corrected chi connectivity index (χ4v) is 2.00. The normalized spacial score (nSPS) is 11.8. The first kappa shape index (κ1) is 15.1. The van der Waals surface area contributed by atoms with Crippen LogP contribution in [0.2, 0.25) is 0 Å². The molecule has 0 saturated carbocycles. The van der Waals surface area contributed by atoms with Crippen molar-refractivity contribution in [1.29, 1.82) is 0 Å². The molecule has 0 fully saturated rings. The monoisotopic (exact) mass is 291 g/mol. The molecule has 0 aliphatic carbocycles. The van der Waals surface area contributed by atoms with Crippen LogP contribution >= 0.6 is 11.8 Å². The van der Waals surface area contributed by atoms with Crippen molar-refractivity contribution in [1.82, 2.24) is 15.5 Å². The standard InChI is InChI=1S/C15H21N3OS/c1-15(2,20-3)11-16-10-14-17-13(18-19-14)9-12-7-5-4-6-8-12/h4-8,16H,9-11H2,1-3H3. The van der Waals surface area contributed by atoms with Crippen molar-refractivity contribution in [2.24, 2.45) is 0 Å². The van der Waals surface area contributed by atoms with Gasteiger partial charge in [-0.25, -0.2) is 0 Å². The zero-order valence-electron chi connectivity index (χ0n) is 12.2. The van der Waals surface area contributed by atoms with Gasteiger partial charge in [0.15, 0.2) is 5.82 Å². The maximum Gasteiger partial charge on any atom is 0.240 e. The highest BCUT2D eigenvalue weighted by molar-refractivity contribution is 7.99. The molecule has 1 heterocycles. The third-order valence-electron chi connectivity index (χ3n) is 3.09. The fourth-order valence-electron chi connectivity index (χ4n) is 1.75. The minimum Gasteiger partial charge on any atom is -0.338 e. The van der Waals surface area contributed by atoms with E-state index in [4.69, 9.17) is 4.52 Å². The summed E-state index contributed by atoms with van der Waals surface area (Å²) in [4.78, 5) is 4.40. The molecule has 2 rings (SSSR count). The molecule has 4 nitrogen and oxygen atoms in total. The molecule has 0 radical (unpaired) electrons. The lowest BCUT2D eigenvalue weighted by atomic mass is 10.1. The van der Waals surface area contributed by atoms with Gasteiger partial charge in [0.1, 0.15) is 0 Å². The van der Waals surface area contributed by atoms with Crippen molar-refractivity contribution in [3.05, 3.63) is 47.6 Å². The second-order valence-corrected chi connectivity index (χ2v) is 6.85. The Balaban J connectivity index is 1.84. The Bertz CT molecular complexity index is 525. The quantitative estimate of drug-likeness (QED) is 0.850. The average Bonchev–Trinajstić information content (AvgIpc) is 2.87. The van der Waals surface area contributed by atoms with Gasteiger partial charge in [-0.15, -0.1) is 0 Å². The summed E-state index contributed by atoms with van der Waals surface area (Å²) in [5.41, 5.74) is 1.19. The number of rotatable bonds is 7. The summed E-state index contributed by atoms with van der Waals surface area (Å²) in [5, 5.41) is 7.37. The Morgan fingerprint density at radius 3 is 2.70 bits per heavy atom. The van der Waals surface area contributed by atoms with Gasteiger partial charge in [-0.2, -0.15) is 16.7 Å². The molecule has 0 aliphatic heterocycles. The fraction of sp³-hybridized carbons (Fsp3) is 0.467. The van der Waals surface area contributed by atoms with Crippen LogP contribution in [-0.2, 0) is 13.0 Å². The number of thioether (sulfide) groups is 1. The van der Waals surface area contributed by atoms with Crippen molar-refractivity contribution in [2.45, 2.75) is 31.6 Å². The first-order valence-electron chi connectivity index (χ1n) is 6.70. The van der Waals surface area contributed by atoms with Crippen LogP contribution in [0.3, 0.4) is 0 Å². The Kier molecular flexibility index (Phi) is 5.20. The zero-order chi connectivity index (χ0) is 14.4. The Labute approximate surface area is 124 Å². The van der Waals surface area contributed by atoms with Crippen LogP contribution in [0.1, 0.15) is 31.1 Å². The van der Waals surface area contributed by atoms with Crippen molar-refractivity contribution in [3.8, 4) is 0 Å². The van der Waals surface area contributed by atoms with E-state index in [-0.39, 0.29) is 4.75 Å². The van der Waals surface area contributed by atoms with Crippen molar-refractivity contribution < 1.29 is 4.52 Å². The first-order chi connectivity index (χ1) is 9.59. The van der Waals surface area contributed by atoms with Gasteiger partial charge in [-0.3, -0.25) is 0 Å². The lowest BCUT2D eigenvalue weighted by molar-refractivity contribution is 0.361. The predicted octanol–water partition coefficient (Wildman–Crippen LogP) is 2.89. The largest absolute Gasteiger partial charge is 0.338 e. The van der Waals surface area contributed by atoms with Gasteiger partial charge < -0.3 is 9.84 Å². The maximum atomic E-state index is 5.25. The predicted molar refractivity (Wildman–Crippen MR) is 82.8 cm³/mol. The van der Waals surface area contributed by atoms with E-state index in [0.29, 0.717) is 18.9 Å². The molecule has 108 valence electrons. The van der Waals surface area contributed by atoms with E-state index < -0.39 is 0 Å². The van der Waals surface area contributed by atoms with E-state index in [9.17, 15) is 0 Å². The van der Waals surface area contributed by atoms with E-state index in [0.717, 1.165) is 12.4 Å². The van der Waals surface area contributed by atoms with Crippen LogP contribution in [-0.4, -0.2) is 27.7 Å². The highest BCUT2D eigenvalue weighted by atomic mass is 32.2. The van der Waals surface area contributed by atoms with Crippen LogP contribution in [0.15, 0.2) is 34.9 Å². The van der Waals surface area contributed by atoms with Gasteiger partial charge in [0.05, 0.1) is 6.54 Å². The molecule has 0 amide bonds. The van der Waals surface area contributed by atoms with Crippen LogP contribution in [0.5, 0.6) is 0 Å². The molecule has 0 atom stereocenters. The molecule has 0 aliphatic rings. The van der Waals surface area contributed by atoms with Gasteiger partial charge in [-0.05, 0) is 25.7 Å². The average molecular weight is 291 g/mol. The summed E-state index contributed by atoms with van der Waals surface area (Å²) in [6.07, 6.45) is 2.83. The lowest BCUT2D eigenvalue weighted by Gasteiger charge is -2.21. The summed E-state index contributed by atoms with van der Waals surface area (Å²) in [6.45, 7) is 5.94. The van der Waals surface area contributed by atoms with Crippen LogP contribution in [0, 0.1) is 0 Å². The second kappa shape index (κ2) is 6.90. The van der Waals surface area contributed by atoms with Crippen LogP contribution in [0.4, 0.5) is 0 Å². The number of benzene rings is 1. The van der Waals surface area contributed by atoms with Gasteiger partial charge >= 0.3 is 0 Å². The smallest absolute Gasteiger partial charge is 0.240 e. The molecule has 0 unspecified atom stereocenters. The van der Waals surface area contributed by atoms with Crippen LogP contribution < -0.4 is 5.32 Å². The first-order valence-corrected chi connectivity index (χ1v) is 7.93. The number of hydrogen-bond acceptors (Lipinski definition) is 5. The second-order valence-electron chi connectivity index (χ2n) is 5.33. The highest BCUT2D eigenvalue weighted by Gasteiger charge is 2.15. The molecular formula is C15H21N3OS. The van der Waals surface area contributed by atoms with E-state index >= 15 is 0 Å². The van der Waals surface area contributed by atoms with E-state index in [2.05, 4.69) is 47.7 Å². The van der Waals surface area contributed by atoms with Crippen molar-refractivity contribution in [3.63, 3.8) is 0 Å². The van der Waals surface area contributed by atoms with Gasteiger partial charge in [0.2, 0.25) is 5.89 Å². The van der Waals surface area contributed by atoms with Gasteiger partial charge in [-0.1, -0.05) is 35.5 Å². The molecule has 0 spiro atoms. The summed E-state index contributed by atoms with van der Waals surface area (Å²) in [6, 6.07) is 10.2. The van der Waals surface area contributed by atoms with E-state index in [1.54, 1.807) is 0 Å². The molecule has 1 aromatic heterocycles. The van der Waals surface area contributed by atoms with Gasteiger partial charge in [0, 0.05) is 17.7 Å². The summed E-state index contributed by atoms with van der Waals surface area (Å²) < 4.78 is 5.47. The van der Waals surface area contributed by atoms with Gasteiger partial charge in [0.25, 0.3) is 0 Å². The minimum atomic E-state index is 0.215. The summed E-state index contributed by atoms with van der Waals surface area (Å²) in [7, 11) is 0. The molecule has 5 heteroatoms. The summed E-state index contributed by atoms with van der Waals surface area (Å²) in [5.74, 6) is 1.38. The van der Waals surface area contributed by atoms with Crippen molar-refractivity contribution in [2.75, 3.05) is 12.8 Å². The van der Waals surface area contributed by atoms with E-state index in [1.807, 2.05) is 30.0 Å². The SMILES string of the molecule is CSC(C)(C)CNCc1nc(Cc2ccccc2)no1. The molecule has 2 aromatic rings. The topological polar surface area (TPSA) is 51.0 Å². The van der Waals surface area contributed by atoms with Crippen LogP contribution in [0.25, 0.3) is 0 Å². The minimum absolute atomic E-state index is 0.215. The van der Waals surface area contributed by atoms with Crippen molar-refractivity contribution >= 4 is 11.8 Å².